The third-order valence-electron chi connectivity index (χ3n) is 3.74. The SMILES string of the molecule is CC(C)OCCN1CCN(CCOc2ccccc2)CC1. The Morgan fingerprint density at radius 2 is 1.48 bits per heavy atom. The normalized spacial score (nSPS) is 17.3. The summed E-state index contributed by atoms with van der Waals surface area (Å²) in [5.41, 5.74) is 0. The van der Waals surface area contributed by atoms with Gasteiger partial charge in [0.05, 0.1) is 12.7 Å². The molecule has 21 heavy (non-hydrogen) atoms. The Bertz CT molecular complexity index is 376. The van der Waals surface area contributed by atoms with Crippen molar-refractivity contribution in [3.05, 3.63) is 30.3 Å². The van der Waals surface area contributed by atoms with Crippen molar-refractivity contribution in [1.29, 1.82) is 0 Å². The van der Waals surface area contributed by atoms with Crippen LogP contribution in [0.5, 0.6) is 5.75 Å². The molecule has 1 fully saturated rings. The minimum Gasteiger partial charge on any atom is -0.492 e. The minimum atomic E-state index is 0.335. The second-order valence-corrected chi connectivity index (χ2v) is 5.76. The summed E-state index contributed by atoms with van der Waals surface area (Å²) in [5.74, 6) is 0.960. The minimum absolute atomic E-state index is 0.335. The molecule has 0 spiro atoms. The van der Waals surface area contributed by atoms with Crippen molar-refractivity contribution in [3.63, 3.8) is 0 Å². The van der Waals surface area contributed by atoms with E-state index in [9.17, 15) is 0 Å². The molecule has 0 radical (unpaired) electrons. The lowest BCUT2D eigenvalue weighted by molar-refractivity contribution is 0.0430. The van der Waals surface area contributed by atoms with Gasteiger partial charge in [0.1, 0.15) is 12.4 Å². The molecule has 2 rings (SSSR count). The molecule has 1 aliphatic heterocycles. The van der Waals surface area contributed by atoms with Gasteiger partial charge >= 0.3 is 0 Å². The van der Waals surface area contributed by atoms with E-state index in [1.165, 1.54) is 0 Å². The van der Waals surface area contributed by atoms with E-state index in [4.69, 9.17) is 9.47 Å². The van der Waals surface area contributed by atoms with Crippen LogP contribution in [-0.4, -0.2) is 68.4 Å². The summed E-state index contributed by atoms with van der Waals surface area (Å²) in [5, 5.41) is 0. The lowest BCUT2D eigenvalue weighted by atomic mass is 10.3. The Balaban J connectivity index is 1.55. The molecule has 0 saturated carbocycles. The number of piperazine rings is 1. The first-order valence-electron chi connectivity index (χ1n) is 7.98. The van der Waals surface area contributed by atoms with Gasteiger partial charge in [-0.25, -0.2) is 0 Å². The Labute approximate surface area is 128 Å². The highest BCUT2D eigenvalue weighted by Gasteiger charge is 2.16. The van der Waals surface area contributed by atoms with Crippen LogP contribution in [0.3, 0.4) is 0 Å². The Morgan fingerprint density at radius 3 is 2.05 bits per heavy atom. The molecule has 0 N–H and O–H groups in total. The summed E-state index contributed by atoms with van der Waals surface area (Å²) >= 11 is 0. The van der Waals surface area contributed by atoms with Crippen molar-refractivity contribution in [2.24, 2.45) is 0 Å². The summed E-state index contributed by atoms with van der Waals surface area (Å²) in [7, 11) is 0. The molecule has 0 aromatic heterocycles. The predicted octanol–water partition coefficient (Wildman–Crippen LogP) is 2.11. The highest BCUT2D eigenvalue weighted by atomic mass is 16.5. The molecule has 1 aliphatic rings. The van der Waals surface area contributed by atoms with Crippen LogP contribution >= 0.6 is 0 Å². The molecule has 0 atom stereocenters. The van der Waals surface area contributed by atoms with Crippen LogP contribution in [0.1, 0.15) is 13.8 Å². The van der Waals surface area contributed by atoms with E-state index < -0.39 is 0 Å². The van der Waals surface area contributed by atoms with E-state index in [1.807, 2.05) is 30.3 Å². The summed E-state index contributed by atoms with van der Waals surface area (Å²) in [6.07, 6.45) is 0.335. The van der Waals surface area contributed by atoms with Crippen LogP contribution in [0.4, 0.5) is 0 Å². The van der Waals surface area contributed by atoms with Gasteiger partial charge in [-0.3, -0.25) is 9.80 Å². The molecule has 0 unspecified atom stereocenters. The first-order valence-corrected chi connectivity index (χ1v) is 7.98. The molecule has 0 bridgehead atoms. The number of hydrogen-bond acceptors (Lipinski definition) is 4. The lowest BCUT2D eigenvalue weighted by Gasteiger charge is -2.34. The molecule has 1 aromatic carbocycles. The van der Waals surface area contributed by atoms with Gasteiger partial charge in [0.2, 0.25) is 0 Å². The van der Waals surface area contributed by atoms with E-state index >= 15 is 0 Å². The fourth-order valence-corrected chi connectivity index (χ4v) is 2.46. The smallest absolute Gasteiger partial charge is 0.119 e. The van der Waals surface area contributed by atoms with Crippen molar-refractivity contribution in [2.45, 2.75) is 20.0 Å². The second kappa shape index (κ2) is 9.03. The summed E-state index contributed by atoms with van der Waals surface area (Å²) < 4.78 is 11.4. The zero-order valence-corrected chi connectivity index (χ0v) is 13.3. The fourth-order valence-electron chi connectivity index (χ4n) is 2.46. The zero-order valence-electron chi connectivity index (χ0n) is 13.3. The maximum absolute atomic E-state index is 5.75. The average Bonchev–Trinajstić information content (AvgIpc) is 2.50. The first kappa shape index (κ1) is 16.3. The predicted molar refractivity (Wildman–Crippen MR) is 85.9 cm³/mol. The van der Waals surface area contributed by atoms with E-state index in [-0.39, 0.29) is 0 Å². The highest BCUT2D eigenvalue weighted by molar-refractivity contribution is 5.20. The van der Waals surface area contributed by atoms with Gasteiger partial charge in [-0.2, -0.15) is 0 Å². The van der Waals surface area contributed by atoms with Gasteiger partial charge in [0, 0.05) is 39.3 Å². The Hall–Kier alpha value is -1.10. The van der Waals surface area contributed by atoms with Crippen molar-refractivity contribution in [3.8, 4) is 5.75 Å². The number of hydrogen-bond donors (Lipinski definition) is 0. The molecule has 4 heteroatoms. The van der Waals surface area contributed by atoms with Crippen molar-refractivity contribution < 1.29 is 9.47 Å². The van der Waals surface area contributed by atoms with Crippen molar-refractivity contribution in [2.75, 3.05) is 52.5 Å². The van der Waals surface area contributed by atoms with Crippen molar-refractivity contribution >= 4 is 0 Å². The van der Waals surface area contributed by atoms with Gasteiger partial charge in [-0.05, 0) is 26.0 Å². The van der Waals surface area contributed by atoms with Crippen LogP contribution in [0.15, 0.2) is 30.3 Å². The molecular weight excluding hydrogens is 264 g/mol. The summed E-state index contributed by atoms with van der Waals surface area (Å²) in [4.78, 5) is 4.96. The number of benzene rings is 1. The largest absolute Gasteiger partial charge is 0.492 e. The molecule has 118 valence electrons. The summed E-state index contributed by atoms with van der Waals surface area (Å²) in [6, 6.07) is 10.0. The fraction of sp³-hybridized carbons (Fsp3) is 0.647. The third-order valence-corrected chi connectivity index (χ3v) is 3.74. The van der Waals surface area contributed by atoms with Crippen LogP contribution in [0.2, 0.25) is 0 Å². The van der Waals surface area contributed by atoms with Crippen molar-refractivity contribution in [1.82, 2.24) is 9.80 Å². The number of rotatable bonds is 8. The van der Waals surface area contributed by atoms with Gasteiger partial charge in [-0.15, -0.1) is 0 Å². The summed E-state index contributed by atoms with van der Waals surface area (Å²) in [6.45, 7) is 12.3. The van der Waals surface area contributed by atoms with E-state index in [2.05, 4.69) is 23.6 Å². The quantitative estimate of drug-likeness (QED) is 0.732. The maximum atomic E-state index is 5.75. The van der Waals surface area contributed by atoms with E-state index in [0.717, 1.165) is 58.2 Å². The monoisotopic (exact) mass is 292 g/mol. The second-order valence-electron chi connectivity index (χ2n) is 5.76. The highest BCUT2D eigenvalue weighted by Crippen LogP contribution is 2.08. The molecule has 0 amide bonds. The van der Waals surface area contributed by atoms with Gasteiger partial charge in [0.25, 0.3) is 0 Å². The Kier molecular flexibility index (Phi) is 7.00. The lowest BCUT2D eigenvalue weighted by Crippen LogP contribution is -2.48. The van der Waals surface area contributed by atoms with Crippen LogP contribution in [0, 0.1) is 0 Å². The standard InChI is InChI=1S/C17H28N2O2/c1-16(2)20-14-12-18-8-10-19(11-9-18)13-15-21-17-6-4-3-5-7-17/h3-7,16H,8-15H2,1-2H3. The average molecular weight is 292 g/mol. The number of nitrogens with zero attached hydrogens (tertiary/aromatic N) is 2. The molecule has 0 aliphatic carbocycles. The molecule has 4 nitrogen and oxygen atoms in total. The van der Waals surface area contributed by atoms with Crippen LogP contribution in [0.25, 0.3) is 0 Å². The topological polar surface area (TPSA) is 24.9 Å². The van der Waals surface area contributed by atoms with Gasteiger partial charge < -0.3 is 9.47 Å². The van der Waals surface area contributed by atoms with Crippen LogP contribution in [-0.2, 0) is 4.74 Å². The van der Waals surface area contributed by atoms with Crippen LogP contribution < -0.4 is 4.74 Å². The molecule has 1 heterocycles. The molecule has 1 aromatic rings. The maximum Gasteiger partial charge on any atom is 0.119 e. The van der Waals surface area contributed by atoms with E-state index in [1.54, 1.807) is 0 Å². The third kappa shape index (κ3) is 6.46. The first-order chi connectivity index (χ1) is 10.2. The number of ether oxygens (including phenoxy) is 2. The van der Waals surface area contributed by atoms with Gasteiger partial charge in [0.15, 0.2) is 0 Å². The zero-order chi connectivity index (χ0) is 14.9. The molecule has 1 saturated heterocycles. The molecular formula is C17H28N2O2. The number of para-hydroxylation sites is 1. The van der Waals surface area contributed by atoms with Gasteiger partial charge in [-0.1, -0.05) is 18.2 Å². The van der Waals surface area contributed by atoms with E-state index in [0.29, 0.717) is 6.10 Å². The Morgan fingerprint density at radius 1 is 0.905 bits per heavy atom.